The maximum Gasteiger partial charge on any atom is 0.337 e. The lowest BCUT2D eigenvalue weighted by molar-refractivity contribution is 0.0695. The van der Waals surface area contributed by atoms with Gasteiger partial charge in [0.1, 0.15) is 0 Å². The van der Waals surface area contributed by atoms with Crippen LogP contribution in [-0.2, 0) is 19.5 Å². The van der Waals surface area contributed by atoms with Gasteiger partial charge in [-0.05, 0) is 19.4 Å². The summed E-state index contributed by atoms with van der Waals surface area (Å²) in [4.78, 5) is 18.0. The number of carbonyl (C=O) groups is 1. The highest BCUT2D eigenvalue weighted by molar-refractivity contribution is 6.34. The van der Waals surface area contributed by atoms with Gasteiger partial charge in [-0.1, -0.05) is 25.4 Å². The standard InChI is InChI=1S/C13H17ClN2O2/c1-7(2)4-9-12(14)11(13(17)18)8-5-16(3)6-10(8)15-9/h7H,4-6H2,1-3H3,(H,17,18). The van der Waals surface area contributed by atoms with Gasteiger partial charge in [-0.15, -0.1) is 0 Å². The third-order valence-corrected chi connectivity index (χ3v) is 3.46. The predicted molar refractivity (Wildman–Crippen MR) is 69.9 cm³/mol. The molecule has 0 unspecified atom stereocenters. The van der Waals surface area contributed by atoms with Crippen molar-refractivity contribution in [2.24, 2.45) is 5.92 Å². The summed E-state index contributed by atoms with van der Waals surface area (Å²) >= 11 is 6.22. The van der Waals surface area contributed by atoms with E-state index in [1.807, 2.05) is 11.9 Å². The zero-order chi connectivity index (χ0) is 13.4. The van der Waals surface area contributed by atoms with Gasteiger partial charge in [0.15, 0.2) is 0 Å². The monoisotopic (exact) mass is 268 g/mol. The first-order valence-electron chi connectivity index (χ1n) is 6.02. The van der Waals surface area contributed by atoms with Gasteiger partial charge < -0.3 is 5.11 Å². The van der Waals surface area contributed by atoms with Gasteiger partial charge in [-0.2, -0.15) is 0 Å². The third kappa shape index (κ3) is 2.35. The molecule has 0 radical (unpaired) electrons. The SMILES string of the molecule is CC(C)Cc1nc2c(c(C(=O)O)c1Cl)CN(C)C2. The highest BCUT2D eigenvalue weighted by Crippen LogP contribution is 2.32. The molecule has 2 heterocycles. The molecule has 18 heavy (non-hydrogen) atoms. The molecule has 5 heteroatoms. The van der Waals surface area contributed by atoms with Gasteiger partial charge >= 0.3 is 5.97 Å². The molecule has 1 aliphatic heterocycles. The highest BCUT2D eigenvalue weighted by atomic mass is 35.5. The zero-order valence-corrected chi connectivity index (χ0v) is 11.6. The number of carboxylic acid groups (broad SMARTS) is 1. The van der Waals surface area contributed by atoms with Crippen LogP contribution in [0.4, 0.5) is 0 Å². The molecule has 1 aromatic heterocycles. The number of fused-ring (bicyclic) bond motifs is 1. The summed E-state index contributed by atoms with van der Waals surface area (Å²) in [5.74, 6) is -0.562. The Morgan fingerprint density at radius 3 is 2.72 bits per heavy atom. The lowest BCUT2D eigenvalue weighted by atomic mass is 10.0. The third-order valence-electron chi connectivity index (χ3n) is 3.06. The van der Waals surface area contributed by atoms with Crippen LogP contribution in [0.1, 0.15) is 41.2 Å². The lowest BCUT2D eigenvalue weighted by Gasteiger charge is -2.12. The second kappa shape index (κ2) is 4.86. The number of carboxylic acids is 1. The van der Waals surface area contributed by atoms with E-state index < -0.39 is 5.97 Å². The fourth-order valence-electron chi connectivity index (χ4n) is 2.33. The maximum absolute atomic E-state index is 11.4. The number of hydrogen-bond donors (Lipinski definition) is 1. The molecule has 1 aliphatic rings. The van der Waals surface area contributed by atoms with E-state index in [9.17, 15) is 9.90 Å². The summed E-state index contributed by atoms with van der Waals surface area (Å²) in [6.07, 6.45) is 0.704. The van der Waals surface area contributed by atoms with Crippen molar-refractivity contribution in [3.63, 3.8) is 0 Å². The second-order valence-corrected chi connectivity index (χ2v) is 5.63. The van der Waals surface area contributed by atoms with Gasteiger partial charge in [-0.3, -0.25) is 9.88 Å². The number of hydrogen-bond acceptors (Lipinski definition) is 3. The van der Waals surface area contributed by atoms with E-state index in [2.05, 4.69) is 18.8 Å². The molecule has 1 aromatic rings. The molecule has 0 saturated carbocycles. The van der Waals surface area contributed by atoms with Crippen molar-refractivity contribution in [3.8, 4) is 0 Å². The van der Waals surface area contributed by atoms with E-state index in [0.717, 1.165) is 11.3 Å². The molecule has 98 valence electrons. The van der Waals surface area contributed by atoms with Crippen molar-refractivity contribution in [3.05, 3.63) is 27.5 Å². The zero-order valence-electron chi connectivity index (χ0n) is 10.8. The molecule has 0 fully saturated rings. The average molecular weight is 269 g/mol. The highest BCUT2D eigenvalue weighted by Gasteiger charge is 2.28. The van der Waals surface area contributed by atoms with Crippen LogP contribution < -0.4 is 0 Å². The van der Waals surface area contributed by atoms with Crippen molar-refractivity contribution in [1.29, 1.82) is 0 Å². The molecule has 0 spiro atoms. The van der Waals surface area contributed by atoms with Crippen LogP contribution in [0.15, 0.2) is 0 Å². The van der Waals surface area contributed by atoms with Crippen molar-refractivity contribution < 1.29 is 9.90 Å². The van der Waals surface area contributed by atoms with E-state index in [1.165, 1.54) is 0 Å². The molecular weight excluding hydrogens is 252 g/mol. The number of aromatic carboxylic acids is 1. The van der Waals surface area contributed by atoms with Crippen molar-refractivity contribution in [2.75, 3.05) is 7.05 Å². The first kappa shape index (κ1) is 13.3. The van der Waals surface area contributed by atoms with Crippen molar-refractivity contribution in [2.45, 2.75) is 33.4 Å². The Hall–Kier alpha value is -1.13. The number of nitrogens with zero attached hydrogens (tertiary/aromatic N) is 2. The molecule has 0 aliphatic carbocycles. The topological polar surface area (TPSA) is 53.4 Å². The normalized spacial score (nSPS) is 15.2. The van der Waals surface area contributed by atoms with Crippen molar-refractivity contribution in [1.82, 2.24) is 9.88 Å². The maximum atomic E-state index is 11.4. The summed E-state index contributed by atoms with van der Waals surface area (Å²) in [5, 5.41) is 9.65. The summed E-state index contributed by atoms with van der Waals surface area (Å²) in [7, 11) is 1.95. The van der Waals surface area contributed by atoms with E-state index in [1.54, 1.807) is 0 Å². The predicted octanol–water partition coefficient (Wildman–Crippen LogP) is 2.58. The Labute approximate surface area is 112 Å². The molecule has 0 atom stereocenters. The molecule has 1 N–H and O–H groups in total. The Bertz CT molecular complexity index is 500. The fourth-order valence-corrected chi connectivity index (χ4v) is 2.64. The molecule has 0 amide bonds. The molecule has 0 aromatic carbocycles. The van der Waals surface area contributed by atoms with Crippen LogP contribution in [0.3, 0.4) is 0 Å². The van der Waals surface area contributed by atoms with Gasteiger partial charge in [0.05, 0.1) is 22.0 Å². The van der Waals surface area contributed by atoms with Gasteiger partial charge in [0.25, 0.3) is 0 Å². The molecular formula is C13H17ClN2O2. The van der Waals surface area contributed by atoms with Crippen LogP contribution in [0, 0.1) is 5.92 Å². The summed E-state index contributed by atoms with van der Waals surface area (Å²) in [5.41, 5.74) is 2.57. The van der Waals surface area contributed by atoms with Crippen LogP contribution >= 0.6 is 11.6 Å². The minimum absolute atomic E-state index is 0.238. The molecule has 4 nitrogen and oxygen atoms in total. The lowest BCUT2D eigenvalue weighted by Crippen LogP contribution is -2.10. The van der Waals surface area contributed by atoms with E-state index >= 15 is 0 Å². The van der Waals surface area contributed by atoms with Crippen molar-refractivity contribution >= 4 is 17.6 Å². The largest absolute Gasteiger partial charge is 0.478 e. The van der Waals surface area contributed by atoms with Gasteiger partial charge in [-0.25, -0.2) is 4.79 Å². The minimum Gasteiger partial charge on any atom is -0.478 e. The number of aromatic nitrogens is 1. The summed E-state index contributed by atoms with van der Waals surface area (Å²) < 4.78 is 0. The molecule has 2 rings (SSSR count). The summed E-state index contributed by atoms with van der Waals surface area (Å²) in [6.45, 7) is 5.43. The second-order valence-electron chi connectivity index (χ2n) is 5.25. The number of pyridine rings is 1. The first-order valence-corrected chi connectivity index (χ1v) is 6.40. The van der Waals surface area contributed by atoms with E-state index in [-0.39, 0.29) is 5.56 Å². The van der Waals surface area contributed by atoms with Crippen LogP contribution in [0.5, 0.6) is 0 Å². The van der Waals surface area contributed by atoms with Gasteiger partial charge in [0, 0.05) is 18.7 Å². The Kier molecular flexibility index (Phi) is 3.59. The fraction of sp³-hybridized carbons (Fsp3) is 0.538. The summed E-state index contributed by atoms with van der Waals surface area (Å²) in [6, 6.07) is 0. The van der Waals surface area contributed by atoms with Crippen LogP contribution in [-0.4, -0.2) is 28.0 Å². The smallest absolute Gasteiger partial charge is 0.337 e. The number of halogens is 1. The average Bonchev–Trinajstić information content (AvgIpc) is 2.57. The molecule has 0 bridgehead atoms. The van der Waals surface area contributed by atoms with Gasteiger partial charge in [0.2, 0.25) is 0 Å². The van der Waals surface area contributed by atoms with Crippen LogP contribution in [0.25, 0.3) is 0 Å². The van der Waals surface area contributed by atoms with E-state index in [0.29, 0.717) is 36.1 Å². The first-order chi connectivity index (χ1) is 8.40. The Morgan fingerprint density at radius 2 is 2.17 bits per heavy atom. The molecule has 0 saturated heterocycles. The van der Waals surface area contributed by atoms with Crippen LogP contribution in [0.2, 0.25) is 5.02 Å². The number of rotatable bonds is 3. The Morgan fingerprint density at radius 1 is 1.50 bits per heavy atom. The quantitative estimate of drug-likeness (QED) is 0.915. The van der Waals surface area contributed by atoms with E-state index in [4.69, 9.17) is 11.6 Å². The Balaban J connectivity index is 2.57. The minimum atomic E-state index is -0.959.